The van der Waals surface area contributed by atoms with Crippen molar-refractivity contribution >= 4 is 6.03 Å². The van der Waals surface area contributed by atoms with Gasteiger partial charge in [0.25, 0.3) is 0 Å². The lowest BCUT2D eigenvalue weighted by molar-refractivity contribution is 0.240. The SMILES string of the molecule is CCCOc1ccc(CNC(=O)NCc2ccccc2OC)cn1. The molecule has 0 radical (unpaired) electrons. The Morgan fingerprint density at radius 1 is 1.12 bits per heavy atom. The normalized spacial score (nSPS) is 10.1. The summed E-state index contributed by atoms with van der Waals surface area (Å²) in [5.41, 5.74) is 1.83. The molecule has 1 heterocycles. The lowest BCUT2D eigenvalue weighted by atomic mass is 10.2. The summed E-state index contributed by atoms with van der Waals surface area (Å²) in [6, 6.07) is 11.0. The van der Waals surface area contributed by atoms with Gasteiger partial charge in [-0.2, -0.15) is 0 Å². The molecule has 0 saturated carbocycles. The van der Waals surface area contributed by atoms with Crippen LogP contribution in [0.4, 0.5) is 4.79 Å². The third kappa shape index (κ3) is 5.46. The zero-order valence-electron chi connectivity index (χ0n) is 14.0. The van der Waals surface area contributed by atoms with Crippen LogP contribution in [-0.4, -0.2) is 24.7 Å². The minimum atomic E-state index is -0.243. The summed E-state index contributed by atoms with van der Waals surface area (Å²) in [5, 5.41) is 5.61. The summed E-state index contributed by atoms with van der Waals surface area (Å²) in [6.07, 6.45) is 2.64. The number of ether oxygens (including phenoxy) is 2. The van der Waals surface area contributed by atoms with E-state index < -0.39 is 0 Å². The van der Waals surface area contributed by atoms with Crippen molar-refractivity contribution in [2.24, 2.45) is 0 Å². The van der Waals surface area contributed by atoms with Crippen LogP contribution in [0, 0.1) is 0 Å². The van der Waals surface area contributed by atoms with E-state index in [0.717, 1.165) is 23.3 Å². The highest BCUT2D eigenvalue weighted by Crippen LogP contribution is 2.16. The van der Waals surface area contributed by atoms with Crippen LogP contribution in [0.1, 0.15) is 24.5 Å². The molecule has 0 bridgehead atoms. The first kappa shape index (κ1) is 17.6. The van der Waals surface area contributed by atoms with Crippen LogP contribution in [0.5, 0.6) is 11.6 Å². The number of aromatic nitrogens is 1. The Balaban J connectivity index is 1.76. The molecule has 6 heteroatoms. The maximum Gasteiger partial charge on any atom is 0.315 e. The fourth-order valence-electron chi connectivity index (χ4n) is 2.08. The number of para-hydroxylation sites is 1. The van der Waals surface area contributed by atoms with Crippen LogP contribution in [0.3, 0.4) is 0 Å². The van der Waals surface area contributed by atoms with Gasteiger partial charge in [0.15, 0.2) is 0 Å². The predicted octanol–water partition coefficient (Wildman–Crippen LogP) is 2.88. The van der Waals surface area contributed by atoms with Crippen molar-refractivity contribution in [1.82, 2.24) is 15.6 Å². The van der Waals surface area contributed by atoms with Crippen LogP contribution < -0.4 is 20.1 Å². The fourth-order valence-corrected chi connectivity index (χ4v) is 2.08. The van der Waals surface area contributed by atoms with Gasteiger partial charge in [-0.3, -0.25) is 0 Å². The number of carbonyl (C=O) groups is 1. The summed E-state index contributed by atoms with van der Waals surface area (Å²) in [5.74, 6) is 1.35. The third-order valence-corrected chi connectivity index (χ3v) is 3.34. The molecule has 0 spiro atoms. The minimum absolute atomic E-state index is 0.243. The van der Waals surface area contributed by atoms with Gasteiger partial charge in [0, 0.05) is 30.9 Å². The molecule has 2 rings (SSSR count). The Labute approximate surface area is 142 Å². The first-order valence-corrected chi connectivity index (χ1v) is 7.94. The van der Waals surface area contributed by atoms with E-state index in [9.17, 15) is 4.79 Å². The van der Waals surface area contributed by atoms with E-state index >= 15 is 0 Å². The molecule has 0 aliphatic carbocycles. The topological polar surface area (TPSA) is 72.5 Å². The number of rotatable bonds is 8. The van der Waals surface area contributed by atoms with Gasteiger partial charge in [-0.15, -0.1) is 0 Å². The Morgan fingerprint density at radius 2 is 1.92 bits per heavy atom. The molecule has 1 aromatic heterocycles. The molecule has 24 heavy (non-hydrogen) atoms. The highest BCUT2D eigenvalue weighted by atomic mass is 16.5. The second kappa shape index (κ2) is 9.39. The zero-order chi connectivity index (χ0) is 17.2. The van der Waals surface area contributed by atoms with Gasteiger partial charge in [0.05, 0.1) is 13.7 Å². The van der Waals surface area contributed by atoms with Crippen LogP contribution in [0.25, 0.3) is 0 Å². The molecule has 0 aliphatic rings. The Morgan fingerprint density at radius 3 is 2.62 bits per heavy atom. The highest BCUT2D eigenvalue weighted by molar-refractivity contribution is 5.73. The average molecular weight is 329 g/mol. The number of hydrogen-bond donors (Lipinski definition) is 2. The van der Waals surface area contributed by atoms with Crippen LogP contribution in [0.2, 0.25) is 0 Å². The van der Waals surface area contributed by atoms with Gasteiger partial charge in [-0.1, -0.05) is 31.2 Å². The van der Waals surface area contributed by atoms with E-state index in [1.807, 2.05) is 37.3 Å². The minimum Gasteiger partial charge on any atom is -0.496 e. The first-order chi connectivity index (χ1) is 11.7. The fraction of sp³-hybridized carbons (Fsp3) is 0.333. The summed E-state index contributed by atoms with van der Waals surface area (Å²) in [4.78, 5) is 16.1. The molecule has 1 aromatic carbocycles. The summed E-state index contributed by atoms with van der Waals surface area (Å²) >= 11 is 0. The number of pyridine rings is 1. The number of amides is 2. The first-order valence-electron chi connectivity index (χ1n) is 7.94. The Bertz CT molecular complexity index is 644. The van der Waals surface area contributed by atoms with Crippen LogP contribution in [0.15, 0.2) is 42.6 Å². The van der Waals surface area contributed by atoms with Gasteiger partial charge < -0.3 is 20.1 Å². The zero-order valence-corrected chi connectivity index (χ0v) is 14.0. The summed E-state index contributed by atoms with van der Waals surface area (Å²) in [7, 11) is 1.61. The molecule has 0 saturated heterocycles. The monoisotopic (exact) mass is 329 g/mol. The van der Waals surface area contributed by atoms with E-state index in [-0.39, 0.29) is 6.03 Å². The molecule has 128 valence electrons. The Kier molecular flexibility index (Phi) is 6.89. The van der Waals surface area contributed by atoms with Gasteiger partial charge in [0.1, 0.15) is 5.75 Å². The van der Waals surface area contributed by atoms with Crippen LogP contribution >= 0.6 is 0 Å². The molecule has 2 amide bonds. The van der Waals surface area contributed by atoms with Gasteiger partial charge >= 0.3 is 6.03 Å². The van der Waals surface area contributed by atoms with Crippen molar-refractivity contribution in [3.8, 4) is 11.6 Å². The highest BCUT2D eigenvalue weighted by Gasteiger charge is 2.05. The molecule has 0 fully saturated rings. The van der Waals surface area contributed by atoms with Crippen molar-refractivity contribution in [3.63, 3.8) is 0 Å². The number of urea groups is 1. The number of nitrogens with one attached hydrogen (secondary N) is 2. The van der Waals surface area contributed by atoms with Crippen molar-refractivity contribution in [3.05, 3.63) is 53.7 Å². The molecule has 2 aromatic rings. The third-order valence-electron chi connectivity index (χ3n) is 3.34. The maximum absolute atomic E-state index is 11.9. The number of nitrogens with zero attached hydrogens (tertiary/aromatic N) is 1. The second-order valence-electron chi connectivity index (χ2n) is 5.20. The molecule has 0 aliphatic heterocycles. The van der Waals surface area contributed by atoms with Crippen molar-refractivity contribution in [2.75, 3.05) is 13.7 Å². The lowest BCUT2D eigenvalue weighted by Gasteiger charge is -2.10. The number of benzene rings is 1. The summed E-state index contributed by atoms with van der Waals surface area (Å²) < 4.78 is 10.7. The number of hydrogen-bond acceptors (Lipinski definition) is 4. The molecule has 6 nitrogen and oxygen atoms in total. The molecule has 0 unspecified atom stereocenters. The maximum atomic E-state index is 11.9. The van der Waals surface area contributed by atoms with Crippen LogP contribution in [-0.2, 0) is 13.1 Å². The van der Waals surface area contributed by atoms with Gasteiger partial charge in [-0.25, -0.2) is 9.78 Å². The molecule has 2 N–H and O–H groups in total. The van der Waals surface area contributed by atoms with Crippen molar-refractivity contribution in [2.45, 2.75) is 26.4 Å². The standard InChI is InChI=1S/C18H23N3O3/c1-3-10-24-17-9-8-14(11-19-17)12-20-18(22)21-13-15-6-4-5-7-16(15)23-2/h4-9,11H,3,10,12-13H2,1-2H3,(H2,20,21,22). The summed E-state index contributed by atoms with van der Waals surface area (Å²) in [6.45, 7) is 3.49. The second-order valence-corrected chi connectivity index (χ2v) is 5.20. The van der Waals surface area contributed by atoms with E-state index in [1.54, 1.807) is 19.4 Å². The number of methoxy groups -OCH3 is 1. The van der Waals surface area contributed by atoms with Crippen molar-refractivity contribution in [1.29, 1.82) is 0 Å². The largest absolute Gasteiger partial charge is 0.496 e. The molecular weight excluding hydrogens is 306 g/mol. The van der Waals surface area contributed by atoms with Crippen molar-refractivity contribution < 1.29 is 14.3 Å². The smallest absolute Gasteiger partial charge is 0.315 e. The van der Waals surface area contributed by atoms with E-state index in [4.69, 9.17) is 9.47 Å². The van der Waals surface area contributed by atoms with E-state index in [1.165, 1.54) is 0 Å². The average Bonchev–Trinajstić information content (AvgIpc) is 2.64. The van der Waals surface area contributed by atoms with E-state index in [2.05, 4.69) is 15.6 Å². The Hall–Kier alpha value is -2.76. The van der Waals surface area contributed by atoms with Gasteiger partial charge in [-0.05, 0) is 18.1 Å². The molecular formula is C18H23N3O3. The lowest BCUT2D eigenvalue weighted by Crippen LogP contribution is -2.34. The predicted molar refractivity (Wildman–Crippen MR) is 92.1 cm³/mol. The van der Waals surface area contributed by atoms with Gasteiger partial charge in [0.2, 0.25) is 5.88 Å². The molecule has 0 atom stereocenters. The quantitative estimate of drug-likeness (QED) is 0.781. The number of carbonyl (C=O) groups excluding carboxylic acids is 1. The van der Waals surface area contributed by atoms with E-state index in [0.29, 0.717) is 25.6 Å².